The van der Waals surface area contributed by atoms with Crippen molar-refractivity contribution in [1.29, 1.82) is 0 Å². The van der Waals surface area contributed by atoms with Crippen molar-refractivity contribution in [1.82, 2.24) is 9.55 Å². The van der Waals surface area contributed by atoms with Gasteiger partial charge in [-0.2, -0.15) is 26.3 Å². The maximum absolute atomic E-state index is 12.9. The largest absolute Gasteiger partial charge is 0.493 e. The summed E-state index contributed by atoms with van der Waals surface area (Å²) in [5, 5.41) is 9.07. The molecule has 3 aromatic rings. The van der Waals surface area contributed by atoms with E-state index in [1.165, 1.54) is 54.4 Å². The number of aliphatic hydroxyl groups is 1. The summed E-state index contributed by atoms with van der Waals surface area (Å²) < 4.78 is 86.9. The Hall–Kier alpha value is -3.19. The van der Waals surface area contributed by atoms with E-state index >= 15 is 0 Å². The van der Waals surface area contributed by atoms with Crippen LogP contribution in [0.15, 0.2) is 69.6 Å². The van der Waals surface area contributed by atoms with Crippen LogP contribution in [0.2, 0.25) is 0 Å². The first-order valence-corrected chi connectivity index (χ1v) is 10.2. The monoisotopic (exact) mass is 506 g/mol. The molecule has 34 heavy (non-hydrogen) atoms. The molecule has 0 radical (unpaired) electrons. The molecule has 0 aliphatic carbocycles. The number of hydrogen-bond acceptors (Lipinski definition) is 6. The van der Waals surface area contributed by atoms with Gasteiger partial charge in [0.15, 0.2) is 22.6 Å². The SMILES string of the molecule is COc1cc(-n2ccnc(Sc3ccc(C(F)(F)F)cc3)c2=O)ccc1OCC(O)C(F)(F)F. The van der Waals surface area contributed by atoms with Crippen molar-refractivity contribution in [3.8, 4) is 17.2 Å². The highest BCUT2D eigenvalue weighted by Crippen LogP contribution is 2.33. The average molecular weight is 506 g/mol. The molecule has 182 valence electrons. The van der Waals surface area contributed by atoms with Crippen molar-refractivity contribution in [2.75, 3.05) is 13.7 Å². The van der Waals surface area contributed by atoms with Gasteiger partial charge in [0.05, 0.1) is 18.4 Å². The van der Waals surface area contributed by atoms with Crippen LogP contribution in [0.1, 0.15) is 5.56 Å². The first-order chi connectivity index (χ1) is 15.9. The number of methoxy groups -OCH3 is 1. The molecule has 0 spiro atoms. The molecule has 0 amide bonds. The van der Waals surface area contributed by atoms with E-state index < -0.39 is 36.2 Å². The van der Waals surface area contributed by atoms with Crippen LogP contribution < -0.4 is 15.0 Å². The number of rotatable bonds is 7. The third kappa shape index (κ3) is 6.03. The number of halogens is 6. The molecule has 1 aromatic heterocycles. The van der Waals surface area contributed by atoms with Crippen LogP contribution in [-0.2, 0) is 6.18 Å². The minimum Gasteiger partial charge on any atom is -0.493 e. The molecule has 2 aromatic carbocycles. The number of hydrogen-bond donors (Lipinski definition) is 1. The molecule has 1 unspecified atom stereocenters. The Kier molecular flexibility index (Phi) is 7.46. The fourth-order valence-corrected chi connectivity index (χ4v) is 3.47. The van der Waals surface area contributed by atoms with Gasteiger partial charge in [-0.25, -0.2) is 4.98 Å². The lowest BCUT2D eigenvalue weighted by molar-refractivity contribution is -0.210. The van der Waals surface area contributed by atoms with Gasteiger partial charge in [-0.05, 0) is 36.4 Å². The predicted molar refractivity (Wildman–Crippen MR) is 110 cm³/mol. The van der Waals surface area contributed by atoms with Crippen LogP contribution in [0.5, 0.6) is 11.5 Å². The number of nitrogens with zero attached hydrogens (tertiary/aromatic N) is 2. The van der Waals surface area contributed by atoms with Gasteiger partial charge in [0.25, 0.3) is 5.56 Å². The third-order valence-corrected chi connectivity index (χ3v) is 5.39. The van der Waals surface area contributed by atoms with Crippen molar-refractivity contribution in [3.05, 3.63) is 70.8 Å². The van der Waals surface area contributed by atoms with Crippen molar-refractivity contribution >= 4 is 11.8 Å². The quantitative estimate of drug-likeness (QED) is 0.468. The average Bonchev–Trinajstić information content (AvgIpc) is 2.78. The van der Waals surface area contributed by atoms with E-state index in [1.807, 2.05) is 0 Å². The van der Waals surface area contributed by atoms with E-state index in [9.17, 15) is 31.1 Å². The Morgan fingerprint density at radius 3 is 2.32 bits per heavy atom. The van der Waals surface area contributed by atoms with Crippen molar-refractivity contribution < 1.29 is 40.9 Å². The second-order valence-corrected chi connectivity index (χ2v) is 7.80. The van der Waals surface area contributed by atoms with Crippen LogP contribution in [-0.4, -0.2) is 40.7 Å². The Morgan fingerprint density at radius 1 is 1.06 bits per heavy atom. The van der Waals surface area contributed by atoms with Gasteiger partial charge in [-0.3, -0.25) is 9.36 Å². The fraction of sp³-hybridized carbons (Fsp3) is 0.238. The highest BCUT2D eigenvalue weighted by Gasteiger charge is 2.39. The summed E-state index contributed by atoms with van der Waals surface area (Å²) in [6.45, 7) is -1.05. The highest BCUT2D eigenvalue weighted by atomic mass is 32.2. The second kappa shape index (κ2) is 9.97. The summed E-state index contributed by atoms with van der Waals surface area (Å²) in [7, 11) is 1.24. The van der Waals surface area contributed by atoms with Crippen LogP contribution in [0, 0.1) is 0 Å². The summed E-state index contributed by atoms with van der Waals surface area (Å²) in [5.74, 6) is -0.0801. The zero-order chi connectivity index (χ0) is 25.1. The normalized spacial score (nSPS) is 12.9. The van der Waals surface area contributed by atoms with Crippen molar-refractivity contribution in [2.24, 2.45) is 0 Å². The van der Waals surface area contributed by atoms with E-state index in [0.29, 0.717) is 4.90 Å². The van der Waals surface area contributed by atoms with E-state index in [4.69, 9.17) is 14.6 Å². The van der Waals surface area contributed by atoms with Crippen LogP contribution in [0.3, 0.4) is 0 Å². The molecule has 3 rings (SSSR count). The first-order valence-electron chi connectivity index (χ1n) is 9.39. The Morgan fingerprint density at radius 2 is 1.74 bits per heavy atom. The van der Waals surface area contributed by atoms with E-state index in [1.54, 1.807) is 0 Å². The van der Waals surface area contributed by atoms with Crippen LogP contribution in [0.4, 0.5) is 26.3 Å². The molecule has 0 bridgehead atoms. The molecule has 6 nitrogen and oxygen atoms in total. The molecule has 13 heteroatoms. The lowest BCUT2D eigenvalue weighted by Gasteiger charge is -2.17. The Balaban J connectivity index is 1.84. The molecule has 0 fully saturated rings. The van der Waals surface area contributed by atoms with Gasteiger partial charge in [-0.15, -0.1) is 0 Å². The van der Waals surface area contributed by atoms with Gasteiger partial charge in [0.1, 0.15) is 6.61 Å². The molecule has 0 aliphatic rings. The molecule has 1 heterocycles. The zero-order valence-corrected chi connectivity index (χ0v) is 18.0. The number of aromatic nitrogens is 2. The van der Waals surface area contributed by atoms with Gasteiger partial charge < -0.3 is 14.6 Å². The van der Waals surface area contributed by atoms with E-state index in [-0.39, 0.29) is 22.2 Å². The topological polar surface area (TPSA) is 73.6 Å². The van der Waals surface area contributed by atoms with Crippen LogP contribution >= 0.6 is 11.8 Å². The minimum atomic E-state index is -4.85. The number of ether oxygens (including phenoxy) is 2. The Bertz CT molecular complexity index is 1200. The molecule has 0 saturated carbocycles. The standard InChI is InChI=1S/C21H16F6N2O4S/c1-32-16-10-13(4-7-15(16)33-11-17(30)21(25,26)27)29-9-8-28-18(19(29)31)34-14-5-2-12(3-6-14)20(22,23)24/h2-10,17,30H,11H2,1H3. The minimum absolute atomic E-state index is 0.00697. The van der Waals surface area contributed by atoms with E-state index in [2.05, 4.69) is 4.98 Å². The van der Waals surface area contributed by atoms with Gasteiger partial charge in [0.2, 0.25) is 0 Å². The first kappa shape index (κ1) is 25.4. The molecule has 1 atom stereocenters. The molecular formula is C21H16F6N2O4S. The summed E-state index contributed by atoms with van der Waals surface area (Å²) in [4.78, 5) is 17.2. The third-order valence-electron chi connectivity index (χ3n) is 4.41. The lowest BCUT2D eigenvalue weighted by atomic mass is 10.2. The van der Waals surface area contributed by atoms with Crippen molar-refractivity contribution in [2.45, 2.75) is 28.4 Å². The fourth-order valence-electron chi connectivity index (χ4n) is 2.68. The van der Waals surface area contributed by atoms with Gasteiger partial charge >= 0.3 is 12.4 Å². The molecule has 0 aliphatic heterocycles. The van der Waals surface area contributed by atoms with E-state index in [0.717, 1.165) is 23.9 Å². The molecule has 1 N–H and O–H groups in total. The number of benzene rings is 2. The maximum Gasteiger partial charge on any atom is 0.417 e. The summed E-state index contributed by atoms with van der Waals surface area (Å²) in [6, 6.07) is 8.21. The number of aliphatic hydroxyl groups excluding tert-OH is 1. The highest BCUT2D eigenvalue weighted by molar-refractivity contribution is 7.99. The lowest BCUT2D eigenvalue weighted by Crippen LogP contribution is -2.34. The Labute approximate surface area is 192 Å². The summed E-state index contributed by atoms with van der Waals surface area (Å²) in [6.07, 6.45) is -9.38. The van der Waals surface area contributed by atoms with Crippen molar-refractivity contribution in [3.63, 3.8) is 0 Å². The van der Waals surface area contributed by atoms with Gasteiger partial charge in [-0.1, -0.05) is 11.8 Å². The smallest absolute Gasteiger partial charge is 0.417 e. The summed E-state index contributed by atoms with van der Waals surface area (Å²) >= 11 is 0.867. The molecule has 0 saturated heterocycles. The predicted octanol–water partition coefficient (Wildman–Crippen LogP) is 4.71. The zero-order valence-electron chi connectivity index (χ0n) is 17.2. The van der Waals surface area contributed by atoms with Gasteiger partial charge in [0, 0.05) is 23.4 Å². The maximum atomic E-state index is 12.9. The molecular weight excluding hydrogens is 490 g/mol. The second-order valence-electron chi connectivity index (χ2n) is 6.74. The number of alkyl halides is 6. The van der Waals surface area contributed by atoms with Crippen LogP contribution in [0.25, 0.3) is 5.69 Å². The summed E-state index contributed by atoms with van der Waals surface area (Å²) in [5.41, 5.74) is -1.15.